The van der Waals surface area contributed by atoms with Gasteiger partial charge in [0.25, 0.3) is 5.91 Å². The molecule has 0 fully saturated rings. The molecule has 0 bridgehead atoms. The summed E-state index contributed by atoms with van der Waals surface area (Å²) in [4.78, 5) is 12.6. The molecule has 5 nitrogen and oxygen atoms in total. The average molecular weight is 327 g/mol. The first-order valence-electron chi connectivity index (χ1n) is 8.15. The second-order valence-corrected chi connectivity index (χ2v) is 5.66. The Morgan fingerprint density at radius 1 is 1.29 bits per heavy atom. The van der Waals surface area contributed by atoms with E-state index in [9.17, 15) is 4.79 Å². The SMILES string of the molecule is CCCCOc1ccc2oc(C)c(C(=O)NCc3ccco3)c2c1. The highest BCUT2D eigenvalue weighted by atomic mass is 16.5. The van der Waals surface area contributed by atoms with Gasteiger partial charge in [0.1, 0.15) is 22.9 Å². The van der Waals surface area contributed by atoms with E-state index in [0.29, 0.717) is 35.8 Å². The average Bonchev–Trinajstić information content (AvgIpc) is 3.19. The van der Waals surface area contributed by atoms with E-state index in [1.165, 1.54) is 0 Å². The van der Waals surface area contributed by atoms with Crippen molar-refractivity contribution >= 4 is 16.9 Å². The number of fused-ring (bicyclic) bond motifs is 1. The van der Waals surface area contributed by atoms with Crippen LogP contribution < -0.4 is 10.1 Å². The van der Waals surface area contributed by atoms with E-state index < -0.39 is 0 Å². The van der Waals surface area contributed by atoms with Crippen molar-refractivity contribution in [2.24, 2.45) is 0 Å². The van der Waals surface area contributed by atoms with Crippen molar-refractivity contribution in [3.05, 3.63) is 53.7 Å². The zero-order valence-corrected chi connectivity index (χ0v) is 13.9. The van der Waals surface area contributed by atoms with Crippen LogP contribution in [0.4, 0.5) is 0 Å². The lowest BCUT2D eigenvalue weighted by Crippen LogP contribution is -2.22. The molecule has 1 N–H and O–H groups in total. The monoisotopic (exact) mass is 327 g/mol. The van der Waals surface area contributed by atoms with Gasteiger partial charge in [0.05, 0.1) is 25.0 Å². The molecule has 1 amide bonds. The van der Waals surface area contributed by atoms with Crippen molar-refractivity contribution in [3.8, 4) is 5.75 Å². The van der Waals surface area contributed by atoms with Gasteiger partial charge in [0.15, 0.2) is 0 Å². The van der Waals surface area contributed by atoms with Crippen LogP contribution in [-0.4, -0.2) is 12.5 Å². The summed E-state index contributed by atoms with van der Waals surface area (Å²) in [6.45, 7) is 4.91. The first kappa shape index (κ1) is 16.2. The molecular weight excluding hydrogens is 306 g/mol. The van der Waals surface area contributed by atoms with Gasteiger partial charge < -0.3 is 18.9 Å². The topological polar surface area (TPSA) is 64.6 Å². The first-order chi connectivity index (χ1) is 11.7. The van der Waals surface area contributed by atoms with Gasteiger partial charge in [0, 0.05) is 5.39 Å². The Balaban J connectivity index is 1.81. The van der Waals surface area contributed by atoms with E-state index in [1.54, 1.807) is 19.3 Å². The molecule has 0 saturated carbocycles. The van der Waals surface area contributed by atoms with Crippen molar-refractivity contribution in [1.82, 2.24) is 5.32 Å². The molecule has 126 valence electrons. The number of furan rings is 2. The fraction of sp³-hybridized carbons (Fsp3) is 0.316. The zero-order chi connectivity index (χ0) is 16.9. The van der Waals surface area contributed by atoms with Crippen molar-refractivity contribution in [3.63, 3.8) is 0 Å². The number of nitrogens with one attached hydrogen (secondary N) is 1. The van der Waals surface area contributed by atoms with Crippen LogP contribution in [0.5, 0.6) is 5.75 Å². The van der Waals surface area contributed by atoms with Crippen LogP contribution in [-0.2, 0) is 6.54 Å². The summed E-state index contributed by atoms with van der Waals surface area (Å²) in [5.41, 5.74) is 1.22. The van der Waals surface area contributed by atoms with Crippen LogP contribution in [0, 0.1) is 6.92 Å². The van der Waals surface area contributed by atoms with E-state index in [2.05, 4.69) is 12.2 Å². The molecule has 2 aromatic heterocycles. The Labute approximate surface area is 140 Å². The van der Waals surface area contributed by atoms with Crippen LogP contribution >= 0.6 is 0 Å². The van der Waals surface area contributed by atoms with Gasteiger partial charge in [-0.25, -0.2) is 0 Å². The molecule has 0 aliphatic rings. The second-order valence-electron chi connectivity index (χ2n) is 5.66. The standard InChI is InChI=1S/C19H21NO4/c1-3-4-9-22-14-7-8-17-16(11-14)18(13(2)24-17)19(21)20-12-15-6-5-10-23-15/h5-8,10-11H,3-4,9,12H2,1-2H3,(H,20,21). The van der Waals surface area contributed by atoms with E-state index in [4.69, 9.17) is 13.6 Å². The fourth-order valence-electron chi connectivity index (χ4n) is 2.57. The number of benzene rings is 1. The number of aryl methyl sites for hydroxylation is 1. The number of carbonyl (C=O) groups is 1. The molecule has 2 heterocycles. The highest BCUT2D eigenvalue weighted by molar-refractivity contribution is 6.07. The predicted octanol–water partition coefficient (Wildman–Crippen LogP) is 4.44. The number of amides is 1. The van der Waals surface area contributed by atoms with Gasteiger partial charge in [-0.05, 0) is 43.7 Å². The quantitative estimate of drug-likeness (QED) is 0.651. The third-order valence-electron chi connectivity index (χ3n) is 3.83. The summed E-state index contributed by atoms with van der Waals surface area (Å²) >= 11 is 0. The molecule has 24 heavy (non-hydrogen) atoms. The number of unbranched alkanes of at least 4 members (excludes halogenated alkanes) is 1. The van der Waals surface area contributed by atoms with Crippen molar-refractivity contribution < 1.29 is 18.4 Å². The molecule has 0 aliphatic carbocycles. The van der Waals surface area contributed by atoms with Crippen molar-refractivity contribution in [2.75, 3.05) is 6.61 Å². The maximum atomic E-state index is 12.6. The van der Waals surface area contributed by atoms with Gasteiger partial charge in [-0.15, -0.1) is 0 Å². The number of hydrogen-bond acceptors (Lipinski definition) is 4. The molecule has 0 saturated heterocycles. The molecule has 0 radical (unpaired) electrons. The summed E-state index contributed by atoms with van der Waals surface area (Å²) < 4.78 is 16.7. The van der Waals surface area contributed by atoms with Crippen molar-refractivity contribution in [2.45, 2.75) is 33.2 Å². The highest BCUT2D eigenvalue weighted by Gasteiger charge is 2.19. The van der Waals surface area contributed by atoms with Crippen LogP contribution in [0.25, 0.3) is 11.0 Å². The van der Waals surface area contributed by atoms with Crippen LogP contribution in [0.2, 0.25) is 0 Å². The lowest BCUT2D eigenvalue weighted by molar-refractivity contribution is 0.0948. The van der Waals surface area contributed by atoms with E-state index in [0.717, 1.165) is 24.0 Å². The Bertz CT molecular complexity index is 817. The molecule has 0 atom stereocenters. The van der Waals surface area contributed by atoms with E-state index in [-0.39, 0.29) is 5.91 Å². The Hall–Kier alpha value is -2.69. The zero-order valence-electron chi connectivity index (χ0n) is 13.9. The molecule has 0 spiro atoms. The molecule has 3 rings (SSSR count). The summed E-state index contributed by atoms with van der Waals surface area (Å²) in [5, 5.41) is 3.62. The lowest BCUT2D eigenvalue weighted by Gasteiger charge is -2.06. The highest BCUT2D eigenvalue weighted by Crippen LogP contribution is 2.29. The summed E-state index contributed by atoms with van der Waals surface area (Å²) in [7, 11) is 0. The summed E-state index contributed by atoms with van der Waals surface area (Å²) in [6.07, 6.45) is 3.66. The van der Waals surface area contributed by atoms with Gasteiger partial charge in [-0.2, -0.15) is 0 Å². The Morgan fingerprint density at radius 3 is 2.92 bits per heavy atom. The second kappa shape index (κ2) is 7.25. The molecule has 0 unspecified atom stereocenters. The molecule has 5 heteroatoms. The minimum Gasteiger partial charge on any atom is -0.494 e. The maximum Gasteiger partial charge on any atom is 0.255 e. The largest absolute Gasteiger partial charge is 0.494 e. The van der Waals surface area contributed by atoms with Crippen LogP contribution in [0.1, 0.15) is 41.6 Å². The van der Waals surface area contributed by atoms with Crippen LogP contribution in [0.15, 0.2) is 45.4 Å². The van der Waals surface area contributed by atoms with Gasteiger partial charge in [-0.3, -0.25) is 4.79 Å². The fourth-order valence-corrected chi connectivity index (χ4v) is 2.57. The maximum absolute atomic E-state index is 12.6. The molecule has 1 aromatic carbocycles. The third kappa shape index (κ3) is 3.45. The predicted molar refractivity (Wildman–Crippen MR) is 91.2 cm³/mol. The van der Waals surface area contributed by atoms with E-state index >= 15 is 0 Å². The Kier molecular flexibility index (Phi) is 4.89. The third-order valence-corrected chi connectivity index (χ3v) is 3.83. The number of carbonyl (C=O) groups excluding carboxylic acids is 1. The molecule has 0 aliphatic heterocycles. The number of rotatable bonds is 7. The Morgan fingerprint density at radius 2 is 2.17 bits per heavy atom. The lowest BCUT2D eigenvalue weighted by atomic mass is 10.1. The first-order valence-corrected chi connectivity index (χ1v) is 8.15. The van der Waals surface area contributed by atoms with Gasteiger partial charge in [0.2, 0.25) is 0 Å². The van der Waals surface area contributed by atoms with Gasteiger partial charge >= 0.3 is 0 Å². The normalized spacial score (nSPS) is 10.9. The smallest absolute Gasteiger partial charge is 0.255 e. The van der Waals surface area contributed by atoms with Gasteiger partial charge in [-0.1, -0.05) is 13.3 Å². The minimum absolute atomic E-state index is 0.187. The minimum atomic E-state index is -0.187. The van der Waals surface area contributed by atoms with Crippen LogP contribution in [0.3, 0.4) is 0 Å². The molecular formula is C19H21NO4. The number of hydrogen-bond donors (Lipinski definition) is 1. The van der Waals surface area contributed by atoms with Crippen molar-refractivity contribution in [1.29, 1.82) is 0 Å². The van der Waals surface area contributed by atoms with E-state index in [1.807, 2.05) is 24.3 Å². The summed E-state index contributed by atoms with van der Waals surface area (Å²) in [5.74, 6) is 1.86. The molecule has 3 aromatic rings. The number of ether oxygens (including phenoxy) is 1. The summed E-state index contributed by atoms with van der Waals surface area (Å²) in [6, 6.07) is 9.18.